The Morgan fingerprint density at radius 1 is 0.481 bits per heavy atom. The van der Waals surface area contributed by atoms with E-state index in [0.29, 0.717) is 108 Å². The number of piperidine rings is 3. The maximum atomic E-state index is 12.7. The molecule has 6 aromatic carbocycles. The number of hydrogen-bond donors (Lipinski definition) is 8. The number of carbonyl (C=O) groups is 7. The lowest BCUT2D eigenvalue weighted by Crippen LogP contribution is -2.40. The van der Waals surface area contributed by atoms with Crippen LogP contribution in [0, 0.1) is 0 Å². The average molecular weight is 1410 g/mol. The van der Waals surface area contributed by atoms with Crippen LogP contribution in [-0.2, 0) is 19.2 Å². The zero-order valence-corrected chi connectivity index (χ0v) is 57.5. The van der Waals surface area contributed by atoms with Gasteiger partial charge in [-0.3, -0.25) is 33.6 Å². The summed E-state index contributed by atoms with van der Waals surface area (Å²) in [7, 11) is 0. The molecule has 0 spiro atoms. The molecule has 3 aromatic heterocycles. The minimum atomic E-state index is -1.05. The fourth-order valence-corrected chi connectivity index (χ4v) is 12.5. The second-order valence-corrected chi connectivity index (χ2v) is 24.7. The van der Waals surface area contributed by atoms with Crippen molar-refractivity contribution in [2.24, 2.45) is 17.2 Å². The molecule has 3 aliphatic rings. The zero-order chi connectivity index (χ0) is 74.0. The molecule has 3 unspecified atom stereocenters. The van der Waals surface area contributed by atoms with Gasteiger partial charge in [0.2, 0.25) is 23.6 Å². The molecule has 538 valence electrons. The third-order valence-electron chi connectivity index (χ3n) is 17.5. The van der Waals surface area contributed by atoms with Crippen LogP contribution < -0.4 is 47.8 Å². The highest BCUT2D eigenvalue weighted by Crippen LogP contribution is 2.39. The summed E-state index contributed by atoms with van der Waals surface area (Å²) in [5.41, 5.74) is 27.1. The molecule has 0 aliphatic carbocycles. The molecular formula is C77H83N15O12. The van der Waals surface area contributed by atoms with Crippen molar-refractivity contribution in [3.05, 3.63) is 218 Å². The molecule has 3 saturated heterocycles. The van der Waals surface area contributed by atoms with Crippen LogP contribution in [0.5, 0.6) is 34.5 Å². The smallest absolute Gasteiger partial charge is 0.254 e. The van der Waals surface area contributed by atoms with Crippen molar-refractivity contribution in [1.82, 2.24) is 44.0 Å². The first kappa shape index (κ1) is 74.1. The monoisotopic (exact) mass is 1410 g/mol. The van der Waals surface area contributed by atoms with E-state index in [1.165, 1.54) is 25.2 Å². The summed E-state index contributed by atoms with van der Waals surface area (Å²) >= 11 is 0. The van der Waals surface area contributed by atoms with E-state index < -0.39 is 30.4 Å². The molecule has 104 heavy (non-hydrogen) atoms. The number of nitrogen functional groups attached to an aromatic ring is 1. The van der Waals surface area contributed by atoms with Crippen LogP contribution in [0.15, 0.2) is 202 Å². The predicted octanol–water partition coefficient (Wildman–Crippen LogP) is 9.68. The number of aliphatic hydroxyl groups is 2. The molecule has 6 heterocycles. The second-order valence-electron chi connectivity index (χ2n) is 24.7. The van der Waals surface area contributed by atoms with Gasteiger partial charge in [0.1, 0.15) is 85.7 Å². The first-order chi connectivity index (χ1) is 50.2. The Balaban J connectivity index is 0.000000168. The van der Waals surface area contributed by atoms with Gasteiger partial charge in [-0.05, 0) is 166 Å². The lowest BCUT2D eigenvalue weighted by Gasteiger charge is -2.33. The van der Waals surface area contributed by atoms with E-state index in [-0.39, 0.29) is 76.6 Å². The molecular weight excluding hydrogens is 1330 g/mol. The summed E-state index contributed by atoms with van der Waals surface area (Å²) in [4.78, 5) is 91.0. The summed E-state index contributed by atoms with van der Waals surface area (Å²) in [6.07, 6.45) is 7.33. The molecule has 7 amide bonds. The van der Waals surface area contributed by atoms with Crippen LogP contribution >= 0.6 is 0 Å². The van der Waals surface area contributed by atoms with Crippen molar-refractivity contribution in [3.63, 3.8) is 0 Å². The van der Waals surface area contributed by atoms with E-state index in [1.54, 1.807) is 89.4 Å². The van der Waals surface area contributed by atoms with Crippen molar-refractivity contribution in [3.8, 4) is 68.3 Å². The van der Waals surface area contributed by atoms with Crippen molar-refractivity contribution in [2.75, 3.05) is 68.8 Å². The second kappa shape index (κ2) is 34.6. The summed E-state index contributed by atoms with van der Waals surface area (Å²) in [5, 5.41) is 39.1. The Hall–Kier alpha value is -12.6. The third-order valence-corrected chi connectivity index (χ3v) is 17.5. The fourth-order valence-electron chi connectivity index (χ4n) is 12.5. The van der Waals surface area contributed by atoms with Crippen molar-refractivity contribution in [1.29, 1.82) is 0 Å². The molecule has 0 radical (unpaired) electrons. The first-order valence-corrected chi connectivity index (χ1v) is 33.8. The molecule has 27 nitrogen and oxygen atoms in total. The molecule has 0 bridgehead atoms. The third kappa shape index (κ3) is 18.1. The molecule has 12 N–H and O–H groups in total. The number of nitrogens with zero attached hydrogens (tertiary/aromatic N) is 9. The van der Waals surface area contributed by atoms with E-state index in [9.17, 15) is 43.8 Å². The van der Waals surface area contributed by atoms with Gasteiger partial charge in [-0.1, -0.05) is 74.3 Å². The molecule has 9 aromatic rings. The normalized spacial score (nSPS) is 15.8. The standard InChI is InChI=1S/C27H31N5O5.C26H27N5O4.C24H25N5O3/c1-2-23(35)31-14-6-7-19(16-31)32-27(29-15-20(34)17-33)24(26(28)36)25(30-32)18-10-12-22(13-11-18)37-21-8-4-3-5-9-21;1-3-22(33)30-15-7-8-19(16-30)31-26(28-17(2)32)23(25(27)34)24(29-31)18-11-13-21(14-12-18)35-20-9-5-4-6-10-20;1-2-20(30)28-14-6-7-17(15-28)29-23(25)21(24(26)31)22(27-29)16-10-12-19(13-11-16)32-18-8-4-3-5-9-18/h2-5,8-13,19-20,29,33-34H,1,6-7,14-17H2,(H2,28,36);3-6,9-14,19H,1,7-8,15-16H2,2H3,(H2,27,34)(H,28,32);2-5,8-13,17H,1,6-7,14-15,25H2,(H2,26,31)/t;;17-/m..1/s1. The Bertz CT molecular complexity index is 4540. The number of hydrogen-bond acceptors (Lipinski definition) is 17. The van der Waals surface area contributed by atoms with Crippen LogP contribution in [0.4, 0.5) is 17.5 Å². The number of carbonyl (C=O) groups excluding carboxylic acids is 7. The number of benzene rings is 6. The van der Waals surface area contributed by atoms with E-state index in [4.69, 9.17) is 47.3 Å². The zero-order valence-electron chi connectivity index (χ0n) is 57.5. The minimum absolute atomic E-state index is 0.0201. The number of ether oxygens (including phenoxy) is 3. The van der Waals surface area contributed by atoms with Gasteiger partial charge in [-0.15, -0.1) is 0 Å². The predicted molar refractivity (Wildman–Crippen MR) is 394 cm³/mol. The Morgan fingerprint density at radius 3 is 1.12 bits per heavy atom. The van der Waals surface area contributed by atoms with Crippen molar-refractivity contribution in [2.45, 2.75) is 69.7 Å². The van der Waals surface area contributed by atoms with E-state index in [0.717, 1.165) is 44.3 Å². The van der Waals surface area contributed by atoms with Crippen molar-refractivity contribution >= 4 is 58.8 Å². The van der Waals surface area contributed by atoms with Crippen LogP contribution in [0.25, 0.3) is 33.8 Å². The van der Waals surface area contributed by atoms with Gasteiger partial charge < -0.3 is 72.7 Å². The highest BCUT2D eigenvalue weighted by atomic mass is 16.5. The number of likely N-dealkylation sites (tertiary alicyclic amines) is 3. The minimum Gasteiger partial charge on any atom is -0.457 e. The summed E-state index contributed by atoms with van der Waals surface area (Å²) in [6, 6.07) is 49.0. The number of anilines is 3. The molecule has 12 rings (SSSR count). The van der Waals surface area contributed by atoms with Crippen LogP contribution in [0.1, 0.15) is 94.6 Å². The van der Waals surface area contributed by atoms with Crippen LogP contribution in [-0.4, -0.2) is 154 Å². The summed E-state index contributed by atoms with van der Waals surface area (Å²) in [5.74, 6) is 1.87. The highest BCUT2D eigenvalue weighted by Gasteiger charge is 2.35. The molecule has 27 heteroatoms. The van der Waals surface area contributed by atoms with Gasteiger partial charge in [0.05, 0.1) is 30.8 Å². The lowest BCUT2D eigenvalue weighted by atomic mass is 10.0. The number of aromatic nitrogens is 6. The van der Waals surface area contributed by atoms with Gasteiger partial charge in [0.15, 0.2) is 0 Å². The van der Waals surface area contributed by atoms with Crippen LogP contribution in [0.3, 0.4) is 0 Å². The Kier molecular flexibility index (Phi) is 24.7. The van der Waals surface area contributed by atoms with E-state index >= 15 is 0 Å². The average Bonchev–Trinajstić information content (AvgIpc) is 1.63. The summed E-state index contributed by atoms with van der Waals surface area (Å²) in [6.45, 7) is 14.6. The van der Waals surface area contributed by atoms with E-state index in [1.807, 2.05) is 103 Å². The maximum Gasteiger partial charge on any atom is 0.254 e. The quantitative estimate of drug-likeness (QED) is 0.0276. The SMILES string of the molecule is C=CC(=O)N1CCCC(n2nc(-c3ccc(Oc4ccccc4)cc3)c(C(N)=O)c2NC(C)=O)C1.C=CC(=O)N1CCCC(n2nc(-c3ccc(Oc4ccccc4)cc3)c(C(N)=O)c2NCC(O)CO)C1.C=CC(=O)N1CCC[C@@H](n2nc(-c3ccc(Oc4ccccc4)cc3)c(C(N)=O)c2N)C1. The van der Waals surface area contributed by atoms with Crippen molar-refractivity contribution < 1.29 is 58.0 Å². The van der Waals surface area contributed by atoms with Gasteiger partial charge in [-0.25, -0.2) is 14.0 Å². The largest absolute Gasteiger partial charge is 0.457 e. The first-order valence-electron chi connectivity index (χ1n) is 33.8. The number of rotatable bonds is 23. The number of nitrogens with two attached hydrogens (primary N) is 4. The lowest BCUT2D eigenvalue weighted by molar-refractivity contribution is -0.128. The number of para-hydroxylation sites is 3. The van der Waals surface area contributed by atoms with Crippen LogP contribution in [0.2, 0.25) is 0 Å². The molecule has 0 saturated carbocycles. The number of primary amides is 3. The summed E-state index contributed by atoms with van der Waals surface area (Å²) < 4.78 is 22.4. The van der Waals surface area contributed by atoms with Gasteiger partial charge in [-0.2, -0.15) is 15.3 Å². The Labute approximate surface area is 600 Å². The maximum absolute atomic E-state index is 12.7. The molecule has 3 aliphatic heterocycles. The number of amides is 7. The Morgan fingerprint density at radius 2 is 0.788 bits per heavy atom. The molecule has 4 atom stereocenters. The molecule has 3 fully saturated rings. The van der Waals surface area contributed by atoms with Gasteiger partial charge in [0.25, 0.3) is 17.7 Å². The van der Waals surface area contributed by atoms with Gasteiger partial charge in [0, 0.05) is 69.4 Å². The fraction of sp³-hybridized carbons (Fsp3) is 0.247. The highest BCUT2D eigenvalue weighted by molar-refractivity contribution is 6.07. The number of aliphatic hydroxyl groups excluding tert-OH is 2. The number of nitrogens with one attached hydrogen (secondary N) is 2. The van der Waals surface area contributed by atoms with Gasteiger partial charge >= 0.3 is 0 Å². The topological polar surface area (TPSA) is 379 Å². The van der Waals surface area contributed by atoms with E-state index in [2.05, 4.69) is 35.5 Å².